The molecular weight excluding hydrogens is 415 g/mol. The number of ether oxygens (including phenoxy) is 1. The van der Waals surface area contributed by atoms with Gasteiger partial charge in [-0.15, -0.1) is 11.3 Å². The minimum atomic E-state index is -0.251. The van der Waals surface area contributed by atoms with Crippen molar-refractivity contribution in [1.82, 2.24) is 4.98 Å². The number of anilines is 1. The third-order valence-corrected chi connectivity index (χ3v) is 4.18. The summed E-state index contributed by atoms with van der Waals surface area (Å²) in [6, 6.07) is 11.1. The van der Waals surface area contributed by atoms with Crippen LogP contribution in [-0.4, -0.2) is 17.5 Å². The van der Waals surface area contributed by atoms with Crippen LogP contribution >= 0.6 is 33.9 Å². The number of carbonyl (C=O) groups is 1. The molecule has 0 atom stereocenters. The molecule has 0 saturated heterocycles. The fraction of sp³-hybridized carbons (Fsp3) is 0.0667. The van der Waals surface area contributed by atoms with Gasteiger partial charge < -0.3 is 9.15 Å². The fourth-order valence-corrected chi connectivity index (χ4v) is 2.78. The highest BCUT2D eigenvalue weighted by Crippen LogP contribution is 2.25. The van der Waals surface area contributed by atoms with Crippen molar-refractivity contribution in [3.05, 3.63) is 51.6 Å². The number of halogens is 1. The van der Waals surface area contributed by atoms with Crippen LogP contribution in [0.15, 0.2) is 52.5 Å². The van der Waals surface area contributed by atoms with Crippen molar-refractivity contribution in [2.45, 2.75) is 0 Å². The summed E-state index contributed by atoms with van der Waals surface area (Å²) in [7, 11) is 0. The van der Waals surface area contributed by atoms with Crippen LogP contribution in [0.25, 0.3) is 11.5 Å². The number of nitrogens with one attached hydrogen (secondary N) is 1. The zero-order valence-corrected chi connectivity index (χ0v) is 14.3. The largest absolute Gasteiger partial charge is 0.484 e. The predicted molar refractivity (Wildman–Crippen MR) is 93.1 cm³/mol. The van der Waals surface area contributed by atoms with Gasteiger partial charge in [0.05, 0.1) is 6.26 Å². The minimum absolute atomic E-state index is 0.0593. The van der Waals surface area contributed by atoms with E-state index in [0.717, 1.165) is 3.57 Å². The van der Waals surface area contributed by atoms with E-state index in [2.05, 4.69) is 32.9 Å². The van der Waals surface area contributed by atoms with Gasteiger partial charge in [-0.1, -0.05) is 0 Å². The Morgan fingerprint density at radius 1 is 1.32 bits per heavy atom. The SMILES string of the molecule is O=C(COc1ccc(I)cc1)Nc1nc(-c2ccco2)cs1. The second-order valence-corrected chi connectivity index (χ2v) is 6.41. The summed E-state index contributed by atoms with van der Waals surface area (Å²) in [4.78, 5) is 16.1. The number of hydrogen-bond acceptors (Lipinski definition) is 5. The highest BCUT2D eigenvalue weighted by atomic mass is 127. The van der Waals surface area contributed by atoms with Crippen LogP contribution in [0, 0.1) is 3.57 Å². The molecule has 7 heteroatoms. The molecule has 0 fully saturated rings. The zero-order chi connectivity index (χ0) is 15.4. The molecule has 22 heavy (non-hydrogen) atoms. The van der Waals surface area contributed by atoms with E-state index in [1.54, 1.807) is 12.3 Å². The van der Waals surface area contributed by atoms with Gasteiger partial charge in [-0.05, 0) is 59.0 Å². The Hall–Kier alpha value is -1.87. The molecule has 112 valence electrons. The Labute approximate surface area is 144 Å². The highest BCUT2D eigenvalue weighted by molar-refractivity contribution is 14.1. The lowest BCUT2D eigenvalue weighted by molar-refractivity contribution is -0.118. The standard InChI is InChI=1S/C15H11IN2O3S/c16-10-3-5-11(6-4-10)21-8-14(19)18-15-17-12(9-22-15)13-2-1-7-20-13/h1-7,9H,8H2,(H,17,18,19). The maximum atomic E-state index is 11.9. The van der Waals surface area contributed by atoms with Crippen molar-refractivity contribution in [3.8, 4) is 17.2 Å². The van der Waals surface area contributed by atoms with Gasteiger partial charge in [0.15, 0.2) is 17.5 Å². The third kappa shape index (κ3) is 3.86. The van der Waals surface area contributed by atoms with E-state index >= 15 is 0 Å². The van der Waals surface area contributed by atoms with Crippen molar-refractivity contribution in [2.75, 3.05) is 11.9 Å². The smallest absolute Gasteiger partial charge is 0.264 e. The second kappa shape index (κ2) is 6.93. The Kier molecular flexibility index (Phi) is 4.74. The molecular formula is C15H11IN2O3S. The predicted octanol–water partition coefficient (Wildman–Crippen LogP) is 4.03. The molecule has 5 nitrogen and oxygen atoms in total. The Morgan fingerprint density at radius 2 is 2.14 bits per heavy atom. The second-order valence-electron chi connectivity index (χ2n) is 4.31. The van der Waals surface area contributed by atoms with Crippen LogP contribution in [0.5, 0.6) is 5.75 Å². The lowest BCUT2D eigenvalue weighted by Crippen LogP contribution is -2.20. The normalized spacial score (nSPS) is 10.4. The number of furan rings is 1. The molecule has 0 unspecified atom stereocenters. The fourth-order valence-electron chi connectivity index (χ4n) is 1.70. The van der Waals surface area contributed by atoms with Crippen molar-refractivity contribution in [2.24, 2.45) is 0 Å². The summed E-state index contributed by atoms with van der Waals surface area (Å²) in [5, 5.41) is 5.05. The number of carbonyl (C=O) groups excluding carboxylic acids is 1. The van der Waals surface area contributed by atoms with Gasteiger partial charge in [0.2, 0.25) is 0 Å². The van der Waals surface area contributed by atoms with Gasteiger partial charge in [0.1, 0.15) is 11.4 Å². The third-order valence-electron chi connectivity index (χ3n) is 2.71. The van der Waals surface area contributed by atoms with Crippen molar-refractivity contribution < 1.29 is 13.9 Å². The van der Waals surface area contributed by atoms with E-state index in [1.165, 1.54) is 11.3 Å². The maximum Gasteiger partial charge on any atom is 0.264 e. The Balaban J connectivity index is 1.54. The van der Waals surface area contributed by atoms with E-state index in [4.69, 9.17) is 9.15 Å². The number of benzene rings is 1. The van der Waals surface area contributed by atoms with E-state index in [-0.39, 0.29) is 12.5 Å². The first-order valence-electron chi connectivity index (χ1n) is 6.38. The minimum Gasteiger partial charge on any atom is -0.484 e. The summed E-state index contributed by atoms with van der Waals surface area (Å²) >= 11 is 3.55. The number of amides is 1. The van der Waals surface area contributed by atoms with Crippen molar-refractivity contribution >= 4 is 45.0 Å². The van der Waals surface area contributed by atoms with Crippen LogP contribution in [0.1, 0.15) is 0 Å². The summed E-state index contributed by atoms with van der Waals surface area (Å²) in [6.45, 7) is -0.0593. The number of thiazole rings is 1. The molecule has 0 aliphatic heterocycles. The first-order chi connectivity index (χ1) is 10.7. The van der Waals surface area contributed by atoms with Crippen molar-refractivity contribution in [3.63, 3.8) is 0 Å². The van der Waals surface area contributed by atoms with E-state index in [1.807, 2.05) is 35.7 Å². The van der Waals surface area contributed by atoms with E-state index in [0.29, 0.717) is 22.3 Å². The maximum absolute atomic E-state index is 11.9. The first-order valence-corrected chi connectivity index (χ1v) is 8.34. The summed E-state index contributed by atoms with van der Waals surface area (Å²) in [6.07, 6.45) is 1.59. The molecule has 3 aromatic rings. The number of nitrogens with zero attached hydrogens (tertiary/aromatic N) is 1. The van der Waals surface area contributed by atoms with E-state index < -0.39 is 0 Å². The summed E-state index contributed by atoms with van der Waals surface area (Å²) in [5.74, 6) is 1.08. The number of rotatable bonds is 5. The molecule has 1 amide bonds. The van der Waals surface area contributed by atoms with Gasteiger partial charge in [0.25, 0.3) is 5.91 Å². The lowest BCUT2D eigenvalue weighted by Gasteiger charge is -2.05. The van der Waals surface area contributed by atoms with Crippen LogP contribution in [0.2, 0.25) is 0 Å². The van der Waals surface area contributed by atoms with Gasteiger partial charge in [-0.3, -0.25) is 10.1 Å². The zero-order valence-electron chi connectivity index (χ0n) is 11.3. The summed E-state index contributed by atoms with van der Waals surface area (Å²) < 4.78 is 11.8. The van der Waals surface area contributed by atoms with Crippen LogP contribution in [0.4, 0.5) is 5.13 Å². The van der Waals surface area contributed by atoms with Gasteiger partial charge in [-0.25, -0.2) is 4.98 Å². The topological polar surface area (TPSA) is 64.4 Å². The Bertz CT molecular complexity index is 753. The molecule has 0 aliphatic carbocycles. The molecule has 0 bridgehead atoms. The first kappa shape index (κ1) is 15.0. The van der Waals surface area contributed by atoms with E-state index in [9.17, 15) is 4.79 Å². The van der Waals surface area contributed by atoms with Crippen LogP contribution in [-0.2, 0) is 4.79 Å². The average Bonchev–Trinajstić information content (AvgIpc) is 3.17. The lowest BCUT2D eigenvalue weighted by atomic mass is 10.3. The molecule has 0 saturated carbocycles. The van der Waals surface area contributed by atoms with Gasteiger partial charge in [0, 0.05) is 8.95 Å². The molecule has 1 aromatic carbocycles. The number of hydrogen-bond donors (Lipinski definition) is 1. The highest BCUT2D eigenvalue weighted by Gasteiger charge is 2.10. The Morgan fingerprint density at radius 3 is 2.86 bits per heavy atom. The van der Waals surface area contributed by atoms with Gasteiger partial charge >= 0.3 is 0 Å². The molecule has 2 aromatic heterocycles. The van der Waals surface area contributed by atoms with Crippen molar-refractivity contribution in [1.29, 1.82) is 0 Å². The molecule has 3 rings (SSSR count). The van der Waals surface area contributed by atoms with Gasteiger partial charge in [-0.2, -0.15) is 0 Å². The van der Waals surface area contributed by atoms with Crippen LogP contribution < -0.4 is 10.1 Å². The monoisotopic (exact) mass is 426 g/mol. The summed E-state index contributed by atoms with van der Waals surface area (Å²) in [5.41, 5.74) is 0.698. The average molecular weight is 426 g/mol. The molecule has 0 radical (unpaired) electrons. The molecule has 0 spiro atoms. The molecule has 1 N–H and O–H groups in total. The number of aromatic nitrogens is 1. The molecule has 2 heterocycles. The van der Waals surface area contributed by atoms with Crippen LogP contribution in [0.3, 0.4) is 0 Å². The quantitative estimate of drug-likeness (QED) is 0.626. The molecule has 0 aliphatic rings.